The Kier molecular flexibility index (Phi) is 6.70. The molecule has 2 aromatic carbocycles. The third-order valence-corrected chi connectivity index (χ3v) is 3.96. The van der Waals surface area contributed by atoms with Crippen molar-refractivity contribution >= 4 is 40.5 Å². The van der Waals surface area contributed by atoms with Crippen LogP contribution >= 0.6 is 34.8 Å². The molecule has 1 N–H and O–H groups in total. The number of rotatable bonds is 7. The molecule has 0 amide bonds. The highest BCUT2D eigenvalue weighted by Gasteiger charge is 2.11. The molecule has 0 radical (unpaired) electrons. The van der Waals surface area contributed by atoms with Crippen LogP contribution in [-0.4, -0.2) is 13.7 Å². The second kappa shape index (κ2) is 8.53. The number of hydrogen-bond donors (Lipinski definition) is 1. The molecule has 23 heavy (non-hydrogen) atoms. The average Bonchev–Trinajstić information content (AvgIpc) is 2.52. The van der Waals surface area contributed by atoms with E-state index >= 15 is 0 Å². The zero-order valence-electron chi connectivity index (χ0n) is 13.0. The van der Waals surface area contributed by atoms with Crippen molar-refractivity contribution in [3.8, 4) is 11.5 Å². The lowest BCUT2D eigenvalue weighted by Gasteiger charge is -2.15. The van der Waals surface area contributed by atoms with Gasteiger partial charge >= 0.3 is 0 Å². The van der Waals surface area contributed by atoms with E-state index in [1.807, 2.05) is 25.1 Å². The fraction of sp³-hybridized carbons (Fsp3) is 0.294. The van der Waals surface area contributed by atoms with E-state index in [9.17, 15) is 0 Å². The minimum Gasteiger partial charge on any atom is -0.495 e. The van der Waals surface area contributed by atoms with Crippen LogP contribution in [0.15, 0.2) is 30.3 Å². The van der Waals surface area contributed by atoms with E-state index in [1.165, 1.54) is 0 Å². The minimum atomic E-state index is 0.510. The van der Waals surface area contributed by atoms with Crippen molar-refractivity contribution in [3.05, 3.63) is 51.0 Å². The highest BCUT2D eigenvalue weighted by molar-refractivity contribution is 6.35. The summed E-state index contributed by atoms with van der Waals surface area (Å²) in [5.74, 6) is 1.29. The Morgan fingerprint density at radius 3 is 2.48 bits per heavy atom. The number of nitrogens with one attached hydrogen (secondary N) is 1. The smallest absolute Gasteiger partial charge is 0.142 e. The summed E-state index contributed by atoms with van der Waals surface area (Å²) in [6, 6.07) is 9.03. The van der Waals surface area contributed by atoms with Gasteiger partial charge in [0.25, 0.3) is 0 Å². The SMILES string of the molecule is CCCOc1c(Cl)cc(Cl)cc1CNc1ccc(OC)c(Cl)c1. The Balaban J connectivity index is 2.17. The van der Waals surface area contributed by atoms with Gasteiger partial charge in [-0.25, -0.2) is 0 Å². The van der Waals surface area contributed by atoms with E-state index in [4.69, 9.17) is 44.3 Å². The first kappa shape index (κ1) is 18.1. The van der Waals surface area contributed by atoms with Crippen molar-refractivity contribution in [2.24, 2.45) is 0 Å². The maximum absolute atomic E-state index is 6.24. The summed E-state index contributed by atoms with van der Waals surface area (Å²) in [6.07, 6.45) is 0.903. The third kappa shape index (κ3) is 4.84. The quantitative estimate of drug-likeness (QED) is 0.639. The molecule has 0 aliphatic heterocycles. The molecule has 0 saturated carbocycles. The maximum atomic E-state index is 6.24. The van der Waals surface area contributed by atoms with Crippen molar-refractivity contribution in [2.75, 3.05) is 19.0 Å². The second-order valence-electron chi connectivity index (χ2n) is 4.93. The van der Waals surface area contributed by atoms with Crippen LogP contribution in [0.2, 0.25) is 15.1 Å². The van der Waals surface area contributed by atoms with E-state index in [0.717, 1.165) is 17.7 Å². The number of anilines is 1. The molecular weight excluding hydrogens is 357 g/mol. The van der Waals surface area contributed by atoms with Crippen LogP contribution in [0.3, 0.4) is 0 Å². The zero-order valence-corrected chi connectivity index (χ0v) is 15.2. The Morgan fingerprint density at radius 1 is 1.04 bits per heavy atom. The molecule has 3 nitrogen and oxygen atoms in total. The van der Waals surface area contributed by atoms with Gasteiger partial charge in [0.05, 0.1) is 23.8 Å². The second-order valence-corrected chi connectivity index (χ2v) is 6.18. The highest BCUT2D eigenvalue weighted by atomic mass is 35.5. The van der Waals surface area contributed by atoms with Crippen molar-refractivity contribution in [2.45, 2.75) is 19.9 Å². The van der Waals surface area contributed by atoms with E-state index < -0.39 is 0 Å². The lowest BCUT2D eigenvalue weighted by molar-refractivity contribution is 0.314. The summed E-state index contributed by atoms with van der Waals surface area (Å²) in [5.41, 5.74) is 1.76. The van der Waals surface area contributed by atoms with Crippen LogP contribution in [-0.2, 0) is 6.54 Å². The van der Waals surface area contributed by atoms with Gasteiger partial charge in [-0.1, -0.05) is 41.7 Å². The first-order chi connectivity index (χ1) is 11.0. The summed E-state index contributed by atoms with van der Waals surface area (Å²) in [6.45, 7) is 3.16. The van der Waals surface area contributed by atoms with Crippen LogP contribution < -0.4 is 14.8 Å². The van der Waals surface area contributed by atoms with E-state index in [2.05, 4.69) is 5.32 Å². The Bertz CT molecular complexity index is 677. The number of hydrogen-bond acceptors (Lipinski definition) is 3. The van der Waals surface area contributed by atoms with Gasteiger partial charge in [0.2, 0.25) is 0 Å². The summed E-state index contributed by atoms with van der Waals surface area (Å²) < 4.78 is 10.9. The molecule has 2 rings (SSSR count). The maximum Gasteiger partial charge on any atom is 0.142 e. The van der Waals surface area contributed by atoms with Crippen LogP contribution in [0.5, 0.6) is 11.5 Å². The van der Waals surface area contributed by atoms with Crippen LogP contribution in [0, 0.1) is 0 Å². The number of benzene rings is 2. The largest absolute Gasteiger partial charge is 0.495 e. The fourth-order valence-electron chi connectivity index (χ4n) is 2.08. The predicted octanol–water partition coefficient (Wildman–Crippen LogP) is 6.06. The zero-order chi connectivity index (χ0) is 16.8. The lowest BCUT2D eigenvalue weighted by atomic mass is 10.2. The van der Waals surface area contributed by atoms with E-state index in [-0.39, 0.29) is 0 Å². The molecule has 0 saturated heterocycles. The van der Waals surface area contributed by atoms with Gasteiger partial charge in [-0.3, -0.25) is 0 Å². The number of halogens is 3. The van der Waals surface area contributed by atoms with Gasteiger partial charge in [-0.2, -0.15) is 0 Å². The van der Waals surface area contributed by atoms with Crippen LogP contribution in [0.25, 0.3) is 0 Å². The molecule has 124 valence electrons. The van der Waals surface area contributed by atoms with Crippen LogP contribution in [0.1, 0.15) is 18.9 Å². The molecule has 0 aliphatic rings. The molecule has 0 heterocycles. The normalized spacial score (nSPS) is 10.5. The Morgan fingerprint density at radius 2 is 1.83 bits per heavy atom. The predicted molar refractivity (Wildman–Crippen MR) is 97.6 cm³/mol. The van der Waals surface area contributed by atoms with Crippen molar-refractivity contribution in [1.29, 1.82) is 0 Å². The van der Waals surface area contributed by atoms with Crippen molar-refractivity contribution < 1.29 is 9.47 Å². The monoisotopic (exact) mass is 373 g/mol. The lowest BCUT2D eigenvalue weighted by Crippen LogP contribution is -2.05. The number of methoxy groups -OCH3 is 1. The van der Waals surface area contributed by atoms with Gasteiger partial charge in [-0.05, 0) is 36.8 Å². The van der Waals surface area contributed by atoms with Gasteiger partial charge in [0.1, 0.15) is 11.5 Å². The molecule has 0 atom stereocenters. The van der Waals surface area contributed by atoms with Gasteiger partial charge < -0.3 is 14.8 Å². The van der Waals surface area contributed by atoms with E-state index in [0.29, 0.717) is 39.7 Å². The van der Waals surface area contributed by atoms with Gasteiger partial charge in [-0.15, -0.1) is 0 Å². The molecular formula is C17H18Cl3NO2. The molecule has 2 aromatic rings. The van der Waals surface area contributed by atoms with Crippen molar-refractivity contribution in [3.63, 3.8) is 0 Å². The Hall–Kier alpha value is -1.29. The molecule has 0 unspecified atom stereocenters. The first-order valence-corrected chi connectivity index (χ1v) is 8.36. The fourth-order valence-corrected chi connectivity index (χ4v) is 2.93. The average molecular weight is 375 g/mol. The third-order valence-electron chi connectivity index (χ3n) is 3.17. The summed E-state index contributed by atoms with van der Waals surface area (Å²) in [4.78, 5) is 0. The first-order valence-electron chi connectivity index (χ1n) is 7.23. The topological polar surface area (TPSA) is 30.5 Å². The van der Waals surface area contributed by atoms with E-state index in [1.54, 1.807) is 19.2 Å². The summed E-state index contributed by atoms with van der Waals surface area (Å²) >= 11 is 18.5. The number of ether oxygens (including phenoxy) is 2. The highest BCUT2D eigenvalue weighted by Crippen LogP contribution is 2.34. The standard InChI is InChI=1S/C17H18Cl3NO2/c1-3-6-23-17-11(7-12(18)8-15(17)20)10-21-13-4-5-16(22-2)14(19)9-13/h4-5,7-9,21H,3,6,10H2,1-2H3. The molecule has 0 aromatic heterocycles. The summed E-state index contributed by atoms with van der Waals surface area (Å²) in [5, 5.41) is 4.91. The van der Waals surface area contributed by atoms with Crippen molar-refractivity contribution in [1.82, 2.24) is 0 Å². The molecule has 6 heteroatoms. The van der Waals surface area contributed by atoms with Gasteiger partial charge in [0.15, 0.2) is 0 Å². The molecule has 0 fully saturated rings. The Labute approximate surface area is 151 Å². The van der Waals surface area contributed by atoms with Crippen LogP contribution in [0.4, 0.5) is 5.69 Å². The van der Waals surface area contributed by atoms with Gasteiger partial charge in [0, 0.05) is 22.8 Å². The minimum absolute atomic E-state index is 0.510. The molecule has 0 bridgehead atoms. The molecule has 0 aliphatic carbocycles. The molecule has 0 spiro atoms. The summed E-state index contributed by atoms with van der Waals surface area (Å²) in [7, 11) is 1.58.